The second-order valence-electron chi connectivity index (χ2n) is 4.04. The molecule has 0 radical (unpaired) electrons. The maximum atomic E-state index is 13.7. The highest BCUT2D eigenvalue weighted by Gasteiger charge is 2.23. The van der Waals surface area contributed by atoms with E-state index in [1.54, 1.807) is 6.07 Å². The molecular formula is C12H10BrF2NO2S2. The molecule has 0 spiro atoms. The topological polar surface area (TPSA) is 46.2 Å². The third-order valence-corrected chi connectivity index (χ3v) is 5.83. The predicted octanol–water partition coefficient (Wildman–Crippen LogP) is 3.58. The fourth-order valence-electron chi connectivity index (χ4n) is 1.60. The number of sulfonamides is 1. The summed E-state index contributed by atoms with van der Waals surface area (Å²) in [7, 11) is -4.06. The number of aryl methyl sites for hydroxylation is 1. The van der Waals surface area contributed by atoms with E-state index in [0.29, 0.717) is 6.07 Å². The third-order valence-electron chi connectivity index (χ3n) is 2.46. The van der Waals surface area contributed by atoms with E-state index in [2.05, 4.69) is 20.7 Å². The van der Waals surface area contributed by atoms with Gasteiger partial charge in [-0.25, -0.2) is 21.9 Å². The van der Waals surface area contributed by atoms with Crippen LogP contribution in [0.25, 0.3) is 0 Å². The minimum absolute atomic E-state index is 0.0596. The second-order valence-corrected chi connectivity index (χ2v) is 7.97. The number of thiophene rings is 1. The van der Waals surface area contributed by atoms with E-state index < -0.39 is 26.6 Å². The van der Waals surface area contributed by atoms with Gasteiger partial charge >= 0.3 is 0 Å². The van der Waals surface area contributed by atoms with Gasteiger partial charge in [-0.15, -0.1) is 11.3 Å². The molecular weight excluding hydrogens is 372 g/mol. The minimum atomic E-state index is -4.06. The van der Waals surface area contributed by atoms with Crippen molar-refractivity contribution in [2.45, 2.75) is 18.4 Å². The van der Waals surface area contributed by atoms with Gasteiger partial charge in [-0.1, -0.05) is 0 Å². The lowest BCUT2D eigenvalue weighted by molar-refractivity contribution is 0.541. The molecule has 0 aliphatic heterocycles. The van der Waals surface area contributed by atoms with Crippen LogP contribution in [0.15, 0.2) is 33.6 Å². The average molecular weight is 382 g/mol. The maximum absolute atomic E-state index is 13.7. The van der Waals surface area contributed by atoms with Crippen LogP contribution in [0.2, 0.25) is 0 Å². The van der Waals surface area contributed by atoms with Crippen molar-refractivity contribution in [1.29, 1.82) is 0 Å². The van der Waals surface area contributed by atoms with Crippen molar-refractivity contribution >= 4 is 37.3 Å². The van der Waals surface area contributed by atoms with Gasteiger partial charge in [0.15, 0.2) is 0 Å². The molecule has 1 heterocycles. The van der Waals surface area contributed by atoms with Crippen LogP contribution < -0.4 is 4.72 Å². The number of halogens is 3. The fourth-order valence-corrected chi connectivity index (χ4v) is 4.69. The Morgan fingerprint density at radius 3 is 2.55 bits per heavy atom. The van der Waals surface area contributed by atoms with E-state index in [4.69, 9.17) is 0 Å². The molecule has 2 aromatic rings. The van der Waals surface area contributed by atoms with Crippen LogP contribution in [-0.4, -0.2) is 8.42 Å². The monoisotopic (exact) mass is 381 g/mol. The molecule has 108 valence electrons. The molecule has 0 unspecified atom stereocenters. The van der Waals surface area contributed by atoms with Crippen molar-refractivity contribution in [1.82, 2.24) is 4.72 Å². The first-order chi connectivity index (χ1) is 9.29. The first kappa shape index (κ1) is 15.6. The predicted molar refractivity (Wildman–Crippen MR) is 77.1 cm³/mol. The molecule has 1 aromatic heterocycles. The Hall–Kier alpha value is -0.830. The van der Waals surface area contributed by atoms with E-state index in [9.17, 15) is 17.2 Å². The Labute approximate surface area is 127 Å². The maximum Gasteiger partial charge on any atom is 0.244 e. The van der Waals surface area contributed by atoms with E-state index in [0.717, 1.165) is 15.8 Å². The van der Waals surface area contributed by atoms with Crippen LogP contribution in [0.5, 0.6) is 0 Å². The van der Waals surface area contributed by atoms with Gasteiger partial charge in [-0.05, 0) is 41.1 Å². The third kappa shape index (κ3) is 3.43. The minimum Gasteiger partial charge on any atom is -0.207 e. The molecule has 0 saturated heterocycles. The first-order valence-corrected chi connectivity index (χ1v) is 8.58. The highest BCUT2D eigenvalue weighted by Crippen LogP contribution is 2.26. The quantitative estimate of drug-likeness (QED) is 0.879. The normalized spacial score (nSPS) is 11.8. The standard InChI is InChI=1S/C12H10BrF2NO2S2/c1-7-2-3-9(19-7)6-16-20(17,18)12-10(13)4-8(14)5-11(12)15/h2-5,16H,6H2,1H3. The number of nitrogens with one attached hydrogen (secondary N) is 1. The van der Waals surface area contributed by atoms with Crippen molar-refractivity contribution in [2.75, 3.05) is 0 Å². The molecule has 0 bridgehead atoms. The van der Waals surface area contributed by atoms with E-state index in [-0.39, 0.29) is 11.0 Å². The van der Waals surface area contributed by atoms with Gasteiger partial charge in [0, 0.05) is 26.8 Å². The van der Waals surface area contributed by atoms with Crippen molar-refractivity contribution in [3.63, 3.8) is 0 Å². The molecule has 0 saturated carbocycles. The first-order valence-electron chi connectivity index (χ1n) is 5.49. The molecule has 1 aromatic carbocycles. The summed E-state index contributed by atoms with van der Waals surface area (Å²) in [6.07, 6.45) is 0. The molecule has 0 amide bonds. The van der Waals surface area contributed by atoms with E-state index in [1.165, 1.54) is 11.3 Å². The van der Waals surface area contributed by atoms with Crippen LogP contribution in [-0.2, 0) is 16.6 Å². The number of hydrogen-bond donors (Lipinski definition) is 1. The lowest BCUT2D eigenvalue weighted by Crippen LogP contribution is -2.24. The molecule has 0 aliphatic rings. The summed E-state index contributed by atoms with van der Waals surface area (Å²) in [5.41, 5.74) is 0. The summed E-state index contributed by atoms with van der Waals surface area (Å²) in [6.45, 7) is 1.96. The zero-order valence-electron chi connectivity index (χ0n) is 10.3. The summed E-state index contributed by atoms with van der Waals surface area (Å²) < 4.78 is 52.9. The highest BCUT2D eigenvalue weighted by atomic mass is 79.9. The number of hydrogen-bond acceptors (Lipinski definition) is 3. The molecule has 0 atom stereocenters. The fraction of sp³-hybridized carbons (Fsp3) is 0.167. The Morgan fingerprint density at radius 1 is 1.30 bits per heavy atom. The second kappa shape index (κ2) is 5.88. The van der Waals surface area contributed by atoms with Crippen LogP contribution in [0.4, 0.5) is 8.78 Å². The zero-order chi connectivity index (χ0) is 14.9. The van der Waals surface area contributed by atoms with Gasteiger partial charge in [0.2, 0.25) is 10.0 Å². The zero-order valence-corrected chi connectivity index (χ0v) is 13.5. The molecule has 0 fully saturated rings. The van der Waals surface area contributed by atoms with E-state index in [1.807, 2.05) is 13.0 Å². The molecule has 8 heteroatoms. The SMILES string of the molecule is Cc1ccc(CNS(=O)(=O)c2c(F)cc(F)cc2Br)s1. The Bertz CT molecular complexity index is 721. The largest absolute Gasteiger partial charge is 0.244 e. The smallest absolute Gasteiger partial charge is 0.207 e. The average Bonchev–Trinajstić information content (AvgIpc) is 2.71. The Balaban J connectivity index is 2.27. The summed E-state index contributed by atoms with van der Waals surface area (Å²) in [6, 6.07) is 5.10. The summed E-state index contributed by atoms with van der Waals surface area (Å²) >= 11 is 4.31. The van der Waals surface area contributed by atoms with Crippen LogP contribution in [0, 0.1) is 18.6 Å². The molecule has 20 heavy (non-hydrogen) atoms. The summed E-state index contributed by atoms with van der Waals surface area (Å²) in [5.74, 6) is -1.98. The van der Waals surface area contributed by atoms with Crippen LogP contribution in [0.1, 0.15) is 9.75 Å². The van der Waals surface area contributed by atoms with Gasteiger partial charge in [0.05, 0.1) is 0 Å². The van der Waals surface area contributed by atoms with Gasteiger partial charge in [-0.3, -0.25) is 0 Å². The molecule has 2 rings (SSSR count). The van der Waals surface area contributed by atoms with Crippen LogP contribution >= 0.6 is 27.3 Å². The Morgan fingerprint density at radius 2 is 2.00 bits per heavy atom. The van der Waals surface area contributed by atoms with Gasteiger partial charge < -0.3 is 0 Å². The highest BCUT2D eigenvalue weighted by molar-refractivity contribution is 9.10. The molecule has 1 N–H and O–H groups in total. The van der Waals surface area contributed by atoms with Crippen molar-refractivity contribution in [3.8, 4) is 0 Å². The van der Waals surface area contributed by atoms with Crippen molar-refractivity contribution < 1.29 is 17.2 Å². The van der Waals surface area contributed by atoms with E-state index >= 15 is 0 Å². The van der Waals surface area contributed by atoms with Gasteiger partial charge in [0.1, 0.15) is 16.5 Å². The lowest BCUT2D eigenvalue weighted by atomic mass is 10.3. The van der Waals surface area contributed by atoms with Crippen LogP contribution in [0.3, 0.4) is 0 Å². The van der Waals surface area contributed by atoms with Crippen molar-refractivity contribution in [2.24, 2.45) is 0 Å². The summed E-state index contributed by atoms with van der Waals surface area (Å²) in [5, 5.41) is 0. The van der Waals surface area contributed by atoms with Gasteiger partial charge in [-0.2, -0.15) is 0 Å². The number of rotatable bonds is 4. The Kier molecular flexibility index (Phi) is 4.58. The van der Waals surface area contributed by atoms with Gasteiger partial charge in [0.25, 0.3) is 0 Å². The summed E-state index contributed by atoms with van der Waals surface area (Å²) in [4.78, 5) is 1.27. The molecule has 3 nitrogen and oxygen atoms in total. The molecule has 0 aliphatic carbocycles. The number of benzene rings is 1. The lowest BCUT2D eigenvalue weighted by Gasteiger charge is -2.09. The van der Waals surface area contributed by atoms with Crippen molar-refractivity contribution in [3.05, 3.63) is 50.1 Å².